The molecule has 0 spiro atoms. The Morgan fingerprint density at radius 3 is 2.50 bits per heavy atom. The second kappa shape index (κ2) is 4.03. The molecule has 3 N–H and O–H groups in total. The smallest absolute Gasteiger partial charge is 0.142 e. The van der Waals surface area contributed by atoms with Crippen LogP contribution in [0.2, 0.25) is 10.0 Å². The van der Waals surface area contributed by atoms with Gasteiger partial charge in [-0.2, -0.15) is 0 Å². The van der Waals surface area contributed by atoms with Crippen molar-refractivity contribution in [2.45, 2.75) is 12.5 Å². The summed E-state index contributed by atoms with van der Waals surface area (Å²) in [5.74, 6) is -0.601. The SMILES string of the molecule is CC(N)(CO)c1cc(F)c(Cl)cc1Cl. The highest BCUT2D eigenvalue weighted by Gasteiger charge is 2.24. The van der Waals surface area contributed by atoms with Crippen LogP contribution in [0.1, 0.15) is 12.5 Å². The lowest BCUT2D eigenvalue weighted by Gasteiger charge is -2.23. The molecule has 1 rings (SSSR count). The van der Waals surface area contributed by atoms with Crippen LogP contribution in [0.5, 0.6) is 0 Å². The predicted molar refractivity (Wildman–Crippen MR) is 55.0 cm³/mol. The van der Waals surface area contributed by atoms with Gasteiger partial charge in [-0.25, -0.2) is 4.39 Å². The van der Waals surface area contributed by atoms with Gasteiger partial charge in [-0.15, -0.1) is 0 Å². The van der Waals surface area contributed by atoms with E-state index < -0.39 is 11.4 Å². The fourth-order valence-electron chi connectivity index (χ4n) is 1.05. The van der Waals surface area contributed by atoms with Gasteiger partial charge in [-0.3, -0.25) is 0 Å². The van der Waals surface area contributed by atoms with Gasteiger partial charge in [0.1, 0.15) is 5.82 Å². The van der Waals surface area contributed by atoms with Gasteiger partial charge >= 0.3 is 0 Å². The van der Waals surface area contributed by atoms with E-state index in [-0.39, 0.29) is 16.7 Å². The molecular formula is C9H10Cl2FNO. The summed E-state index contributed by atoms with van der Waals surface area (Å²) in [5.41, 5.74) is 4.98. The van der Waals surface area contributed by atoms with Crippen molar-refractivity contribution in [2.75, 3.05) is 6.61 Å². The van der Waals surface area contributed by atoms with Crippen LogP contribution in [0.25, 0.3) is 0 Å². The van der Waals surface area contributed by atoms with E-state index in [9.17, 15) is 4.39 Å². The highest BCUT2D eigenvalue weighted by Crippen LogP contribution is 2.30. The maximum Gasteiger partial charge on any atom is 0.142 e. The second-order valence-corrected chi connectivity index (χ2v) is 4.14. The summed E-state index contributed by atoms with van der Waals surface area (Å²) in [4.78, 5) is 0. The van der Waals surface area contributed by atoms with Crippen molar-refractivity contribution >= 4 is 23.2 Å². The molecule has 0 saturated carbocycles. The van der Waals surface area contributed by atoms with Gasteiger partial charge in [-0.05, 0) is 24.6 Å². The third-order valence-electron chi connectivity index (χ3n) is 1.95. The molecule has 0 heterocycles. The molecular weight excluding hydrogens is 228 g/mol. The molecule has 1 aromatic rings. The zero-order valence-electron chi connectivity index (χ0n) is 7.52. The summed E-state index contributed by atoms with van der Waals surface area (Å²) < 4.78 is 13.1. The van der Waals surface area contributed by atoms with Crippen LogP contribution in [-0.4, -0.2) is 11.7 Å². The van der Waals surface area contributed by atoms with Crippen LogP contribution in [-0.2, 0) is 5.54 Å². The molecule has 5 heteroatoms. The fourth-order valence-corrected chi connectivity index (χ4v) is 1.64. The zero-order valence-corrected chi connectivity index (χ0v) is 9.03. The average Bonchev–Trinajstić information content (AvgIpc) is 2.11. The van der Waals surface area contributed by atoms with E-state index in [1.165, 1.54) is 6.07 Å². The minimum atomic E-state index is -1.07. The van der Waals surface area contributed by atoms with Crippen molar-refractivity contribution in [1.82, 2.24) is 0 Å². The van der Waals surface area contributed by atoms with E-state index in [4.69, 9.17) is 34.0 Å². The predicted octanol–water partition coefficient (Wildman–Crippen LogP) is 2.30. The highest BCUT2D eigenvalue weighted by atomic mass is 35.5. The molecule has 1 unspecified atom stereocenters. The van der Waals surface area contributed by atoms with Crippen molar-refractivity contribution < 1.29 is 9.50 Å². The number of aliphatic hydroxyl groups excluding tert-OH is 1. The molecule has 0 aliphatic rings. The first kappa shape index (κ1) is 11.7. The van der Waals surface area contributed by atoms with E-state index >= 15 is 0 Å². The van der Waals surface area contributed by atoms with Crippen LogP contribution in [0.15, 0.2) is 12.1 Å². The molecule has 0 aliphatic heterocycles. The van der Waals surface area contributed by atoms with Crippen LogP contribution in [0.3, 0.4) is 0 Å². The third kappa shape index (κ3) is 2.17. The van der Waals surface area contributed by atoms with Crippen LogP contribution in [0.4, 0.5) is 4.39 Å². The minimum absolute atomic E-state index is 0.0625. The van der Waals surface area contributed by atoms with E-state index in [2.05, 4.69) is 0 Å². The lowest BCUT2D eigenvalue weighted by atomic mass is 9.94. The second-order valence-electron chi connectivity index (χ2n) is 3.32. The van der Waals surface area contributed by atoms with Crippen molar-refractivity contribution in [3.8, 4) is 0 Å². The number of halogens is 3. The lowest BCUT2D eigenvalue weighted by Crippen LogP contribution is -2.37. The van der Waals surface area contributed by atoms with Gasteiger partial charge in [0.05, 0.1) is 17.2 Å². The number of nitrogens with two attached hydrogens (primary N) is 1. The van der Waals surface area contributed by atoms with E-state index in [0.717, 1.165) is 6.07 Å². The Balaban J connectivity index is 3.29. The number of hydrogen-bond donors (Lipinski definition) is 2. The first-order chi connectivity index (χ1) is 6.38. The average molecular weight is 238 g/mol. The maximum atomic E-state index is 13.1. The standard InChI is InChI=1S/C9H10Cl2FNO/c1-9(13,4-14)5-2-8(12)7(11)3-6(5)10/h2-3,14H,4,13H2,1H3. The van der Waals surface area contributed by atoms with Crippen molar-refractivity contribution in [1.29, 1.82) is 0 Å². The molecule has 0 bridgehead atoms. The molecule has 1 atom stereocenters. The largest absolute Gasteiger partial charge is 0.394 e. The molecule has 14 heavy (non-hydrogen) atoms. The van der Waals surface area contributed by atoms with E-state index in [1.807, 2.05) is 0 Å². The summed E-state index contributed by atoms with van der Waals surface area (Å²) in [7, 11) is 0. The number of benzene rings is 1. The van der Waals surface area contributed by atoms with E-state index in [0.29, 0.717) is 5.56 Å². The van der Waals surface area contributed by atoms with Crippen LogP contribution in [0, 0.1) is 5.82 Å². The van der Waals surface area contributed by atoms with Gasteiger partial charge in [0.15, 0.2) is 0 Å². The van der Waals surface area contributed by atoms with Gasteiger partial charge in [0.25, 0.3) is 0 Å². The monoisotopic (exact) mass is 237 g/mol. The van der Waals surface area contributed by atoms with Gasteiger partial charge in [0, 0.05) is 5.02 Å². The topological polar surface area (TPSA) is 46.2 Å². The number of rotatable bonds is 2. The summed E-state index contributed by atoms with van der Waals surface area (Å²) in [6.07, 6.45) is 0. The minimum Gasteiger partial charge on any atom is -0.394 e. The fraction of sp³-hybridized carbons (Fsp3) is 0.333. The van der Waals surface area contributed by atoms with Crippen molar-refractivity contribution in [2.24, 2.45) is 5.73 Å². The first-order valence-electron chi connectivity index (χ1n) is 3.93. The van der Waals surface area contributed by atoms with Gasteiger partial charge in [0.2, 0.25) is 0 Å². The van der Waals surface area contributed by atoms with Crippen molar-refractivity contribution in [3.05, 3.63) is 33.6 Å². The molecule has 78 valence electrons. The summed E-state index contributed by atoms with van der Waals surface area (Å²) >= 11 is 11.3. The lowest BCUT2D eigenvalue weighted by molar-refractivity contribution is 0.210. The Hall–Kier alpha value is -0.350. The molecule has 0 aromatic heterocycles. The Bertz CT molecular complexity index is 355. The zero-order chi connectivity index (χ0) is 10.9. The quantitative estimate of drug-likeness (QED) is 0.776. The molecule has 0 saturated heterocycles. The highest BCUT2D eigenvalue weighted by molar-refractivity contribution is 6.35. The van der Waals surface area contributed by atoms with Gasteiger partial charge < -0.3 is 10.8 Å². The Labute approximate surface area is 91.4 Å². The number of hydrogen-bond acceptors (Lipinski definition) is 2. The Morgan fingerprint density at radius 2 is 2.00 bits per heavy atom. The normalized spacial score (nSPS) is 15.3. The number of aliphatic hydroxyl groups is 1. The third-order valence-corrected chi connectivity index (χ3v) is 2.56. The summed E-state index contributed by atoms with van der Waals surface area (Å²) in [6.45, 7) is 1.23. The molecule has 0 amide bonds. The van der Waals surface area contributed by atoms with Gasteiger partial charge in [-0.1, -0.05) is 23.2 Å². The molecule has 1 aromatic carbocycles. The Kier molecular flexibility index (Phi) is 3.37. The van der Waals surface area contributed by atoms with Crippen LogP contribution < -0.4 is 5.73 Å². The molecule has 0 aliphatic carbocycles. The maximum absolute atomic E-state index is 13.1. The van der Waals surface area contributed by atoms with E-state index in [1.54, 1.807) is 6.92 Å². The van der Waals surface area contributed by atoms with Crippen molar-refractivity contribution in [3.63, 3.8) is 0 Å². The molecule has 0 fully saturated rings. The first-order valence-corrected chi connectivity index (χ1v) is 4.69. The van der Waals surface area contributed by atoms with Crippen LogP contribution >= 0.6 is 23.2 Å². The summed E-state index contributed by atoms with van der Waals surface area (Å²) in [6, 6.07) is 2.41. The summed E-state index contributed by atoms with van der Waals surface area (Å²) in [5, 5.41) is 9.18. The molecule has 2 nitrogen and oxygen atoms in total. The Morgan fingerprint density at radius 1 is 1.43 bits per heavy atom. The molecule has 0 radical (unpaired) electrons.